The third-order valence-electron chi connectivity index (χ3n) is 8.66. The Kier molecular flexibility index (Phi) is 6.63. The molecule has 3 aromatic heterocycles. The quantitative estimate of drug-likeness (QED) is 0.436. The molecule has 3 aromatic rings. The van der Waals surface area contributed by atoms with Gasteiger partial charge in [0.05, 0.1) is 11.3 Å². The lowest BCUT2D eigenvalue weighted by atomic mass is 10.0. The number of rotatable bonds is 7. The smallest absolute Gasteiger partial charge is 0.255 e. The summed E-state index contributed by atoms with van der Waals surface area (Å²) < 4.78 is 2.16. The highest BCUT2D eigenvalue weighted by Gasteiger charge is 2.35. The summed E-state index contributed by atoms with van der Waals surface area (Å²) in [4.78, 5) is 42.4. The fourth-order valence-corrected chi connectivity index (χ4v) is 6.32. The summed E-state index contributed by atoms with van der Waals surface area (Å²) in [7, 11) is 0. The Bertz CT molecular complexity index is 1360. The number of piperazine rings is 1. The van der Waals surface area contributed by atoms with Gasteiger partial charge in [-0.15, -0.1) is 0 Å². The number of Topliss-reactive ketones (excluding diaryl/α,β-unsaturated/α-hetero) is 1. The van der Waals surface area contributed by atoms with E-state index in [4.69, 9.17) is 4.98 Å². The van der Waals surface area contributed by atoms with E-state index in [-0.39, 0.29) is 23.7 Å². The molecule has 0 aromatic carbocycles. The van der Waals surface area contributed by atoms with Gasteiger partial charge >= 0.3 is 0 Å². The van der Waals surface area contributed by atoms with Crippen LogP contribution in [0.3, 0.4) is 0 Å². The van der Waals surface area contributed by atoms with Gasteiger partial charge in [0.1, 0.15) is 11.5 Å². The van der Waals surface area contributed by atoms with Crippen molar-refractivity contribution in [3.63, 3.8) is 0 Å². The highest BCUT2D eigenvalue weighted by molar-refractivity contribution is 6.00. The van der Waals surface area contributed by atoms with Gasteiger partial charge in [-0.1, -0.05) is 26.7 Å². The summed E-state index contributed by atoms with van der Waals surface area (Å²) in [5.41, 5.74) is 3.04. The van der Waals surface area contributed by atoms with Crippen LogP contribution in [-0.4, -0.2) is 61.3 Å². The molecule has 2 aliphatic heterocycles. The second kappa shape index (κ2) is 10.1. The molecule has 2 bridgehead atoms. The molecule has 0 radical (unpaired) electrons. The van der Waals surface area contributed by atoms with Crippen LogP contribution in [0.25, 0.3) is 11.0 Å². The first kappa shape index (κ1) is 25.0. The van der Waals surface area contributed by atoms with Gasteiger partial charge in [-0.2, -0.15) is 4.98 Å². The van der Waals surface area contributed by atoms with E-state index in [0.717, 1.165) is 67.5 Å². The number of amides is 1. The van der Waals surface area contributed by atoms with Crippen molar-refractivity contribution in [1.29, 1.82) is 0 Å². The maximum absolute atomic E-state index is 13.2. The lowest BCUT2D eigenvalue weighted by molar-refractivity contribution is 0.0696. The van der Waals surface area contributed by atoms with Crippen LogP contribution < -0.4 is 10.6 Å². The van der Waals surface area contributed by atoms with Crippen molar-refractivity contribution < 1.29 is 9.59 Å². The minimum absolute atomic E-state index is 0.0326. The monoisotopic (exact) mass is 515 g/mol. The fraction of sp³-hybridized carbons (Fsp3) is 0.552. The highest BCUT2D eigenvalue weighted by atomic mass is 16.2. The number of anilines is 2. The average Bonchev–Trinajstić information content (AvgIpc) is 3.65. The first-order valence-corrected chi connectivity index (χ1v) is 14.1. The van der Waals surface area contributed by atoms with Crippen molar-refractivity contribution in [1.82, 2.24) is 29.7 Å². The molecule has 2 saturated heterocycles. The molecule has 2 N–H and O–H groups in total. The van der Waals surface area contributed by atoms with Gasteiger partial charge in [-0.25, -0.2) is 9.97 Å². The molecule has 38 heavy (non-hydrogen) atoms. The van der Waals surface area contributed by atoms with Gasteiger partial charge in [0, 0.05) is 54.9 Å². The van der Waals surface area contributed by atoms with Crippen molar-refractivity contribution >= 4 is 34.5 Å². The zero-order chi connectivity index (χ0) is 26.4. The Morgan fingerprint density at radius 3 is 2.50 bits per heavy atom. The number of carbonyl (C=O) groups excluding carboxylic acids is 2. The van der Waals surface area contributed by atoms with Crippen molar-refractivity contribution in [3.05, 3.63) is 41.3 Å². The number of ketones is 1. The predicted molar refractivity (Wildman–Crippen MR) is 147 cm³/mol. The molecule has 0 spiro atoms. The third-order valence-corrected chi connectivity index (χ3v) is 8.66. The molecule has 3 unspecified atom stereocenters. The summed E-state index contributed by atoms with van der Waals surface area (Å²) in [6.07, 6.45) is 11.0. The molecule has 1 amide bonds. The minimum atomic E-state index is -0.0326. The van der Waals surface area contributed by atoms with Crippen LogP contribution in [0.4, 0.5) is 11.8 Å². The van der Waals surface area contributed by atoms with Crippen molar-refractivity contribution in [3.8, 4) is 0 Å². The van der Waals surface area contributed by atoms with Crippen molar-refractivity contribution in [2.45, 2.75) is 83.8 Å². The Morgan fingerprint density at radius 2 is 1.82 bits per heavy atom. The molecule has 9 heteroatoms. The average molecular weight is 516 g/mol. The number of fused-ring (bicyclic) bond motifs is 3. The molecule has 3 aliphatic rings. The van der Waals surface area contributed by atoms with Crippen LogP contribution in [0.15, 0.2) is 24.5 Å². The van der Waals surface area contributed by atoms with Crippen LogP contribution in [0, 0.1) is 12.8 Å². The van der Waals surface area contributed by atoms with Crippen LogP contribution in [-0.2, 0) is 0 Å². The molecule has 3 atom stereocenters. The SMILES string of the molecule is CCC(C)C(=O)c1cc2cnc(Nc3cc(C)c(C(=O)N4CC5CCC(C4)N5)cn3)nc2n1C1CCCC1. The van der Waals surface area contributed by atoms with Gasteiger partial charge < -0.3 is 20.1 Å². The molecule has 9 nitrogen and oxygen atoms in total. The number of carbonyl (C=O) groups is 2. The van der Waals surface area contributed by atoms with Crippen LogP contribution >= 0.6 is 0 Å². The second-order valence-corrected chi connectivity index (χ2v) is 11.3. The predicted octanol–water partition coefficient (Wildman–Crippen LogP) is 4.80. The van der Waals surface area contributed by atoms with Gasteiger partial charge in [0.2, 0.25) is 5.95 Å². The summed E-state index contributed by atoms with van der Waals surface area (Å²) in [5, 5.41) is 7.68. The maximum atomic E-state index is 13.2. The zero-order valence-corrected chi connectivity index (χ0v) is 22.5. The zero-order valence-electron chi connectivity index (χ0n) is 22.5. The van der Waals surface area contributed by atoms with Crippen molar-refractivity contribution in [2.75, 3.05) is 18.4 Å². The number of aryl methyl sites for hydroxylation is 1. The molecule has 5 heterocycles. The second-order valence-electron chi connectivity index (χ2n) is 11.3. The van der Waals surface area contributed by atoms with E-state index in [1.54, 1.807) is 12.4 Å². The van der Waals surface area contributed by atoms with E-state index in [9.17, 15) is 9.59 Å². The van der Waals surface area contributed by atoms with Gasteiger partial charge in [-0.05, 0) is 56.7 Å². The fourth-order valence-electron chi connectivity index (χ4n) is 6.32. The molecule has 1 saturated carbocycles. The Labute approximate surface area is 223 Å². The topological polar surface area (TPSA) is 105 Å². The Hall–Kier alpha value is -3.33. The normalized spacial score (nSPS) is 22.2. The lowest BCUT2D eigenvalue weighted by Gasteiger charge is -2.33. The number of hydrogen-bond donors (Lipinski definition) is 2. The Morgan fingerprint density at radius 1 is 1.08 bits per heavy atom. The minimum Gasteiger partial charge on any atom is -0.335 e. The first-order chi connectivity index (χ1) is 18.4. The number of likely N-dealkylation sites (tertiary alicyclic amines) is 1. The molecule has 1 aliphatic carbocycles. The highest BCUT2D eigenvalue weighted by Crippen LogP contribution is 2.35. The van der Waals surface area contributed by atoms with Crippen LogP contribution in [0.5, 0.6) is 0 Å². The molecular formula is C29H37N7O2. The number of pyridine rings is 1. The Balaban J connectivity index is 1.26. The summed E-state index contributed by atoms with van der Waals surface area (Å²) in [5.74, 6) is 1.21. The number of nitrogens with zero attached hydrogens (tertiary/aromatic N) is 5. The molecule has 200 valence electrons. The van der Waals surface area contributed by atoms with E-state index in [1.165, 1.54) is 12.8 Å². The summed E-state index contributed by atoms with van der Waals surface area (Å²) in [6.45, 7) is 7.50. The van der Waals surface area contributed by atoms with E-state index in [2.05, 4.69) is 25.2 Å². The largest absolute Gasteiger partial charge is 0.335 e. The standard InChI is InChI=1S/C29H37N7O2/c1-4-17(2)26(37)24-12-19-13-31-29(34-27(19)36(24)22-7-5-6-8-22)33-25-11-18(3)23(14-30-25)28(38)35-15-20-9-10-21(16-35)32-20/h11-14,17,20-22,32H,4-10,15-16H2,1-3H3,(H,30,31,33,34). The number of hydrogen-bond acceptors (Lipinski definition) is 7. The van der Waals surface area contributed by atoms with Crippen molar-refractivity contribution in [2.24, 2.45) is 5.92 Å². The maximum Gasteiger partial charge on any atom is 0.255 e. The van der Waals surface area contributed by atoms with Gasteiger partial charge in [0.15, 0.2) is 5.78 Å². The lowest BCUT2D eigenvalue weighted by Crippen LogP contribution is -2.53. The first-order valence-electron chi connectivity index (χ1n) is 14.1. The summed E-state index contributed by atoms with van der Waals surface area (Å²) in [6, 6.07) is 4.93. The number of nitrogens with one attached hydrogen (secondary N) is 2. The van der Waals surface area contributed by atoms with E-state index in [1.807, 2.05) is 37.8 Å². The van der Waals surface area contributed by atoms with Gasteiger partial charge in [0.25, 0.3) is 5.91 Å². The molecule has 6 rings (SSSR count). The molecule has 3 fully saturated rings. The summed E-state index contributed by atoms with van der Waals surface area (Å²) >= 11 is 0. The van der Waals surface area contributed by atoms with Gasteiger partial charge in [-0.3, -0.25) is 9.59 Å². The van der Waals surface area contributed by atoms with E-state index >= 15 is 0 Å². The molecular weight excluding hydrogens is 478 g/mol. The van der Waals surface area contributed by atoms with Crippen LogP contribution in [0.2, 0.25) is 0 Å². The van der Waals surface area contributed by atoms with E-state index < -0.39 is 0 Å². The number of aromatic nitrogens is 4. The van der Waals surface area contributed by atoms with E-state index in [0.29, 0.717) is 29.4 Å². The van der Waals surface area contributed by atoms with Crippen LogP contribution in [0.1, 0.15) is 91.2 Å². The third kappa shape index (κ3) is 4.57.